The lowest BCUT2D eigenvalue weighted by Gasteiger charge is -2.04. The number of hydrogen-bond donors (Lipinski definition) is 1. The molecular formula is C11H9ClN2O6. The summed E-state index contributed by atoms with van der Waals surface area (Å²) in [6.07, 6.45) is 0. The topological polar surface area (TPSA) is 119 Å². The van der Waals surface area contributed by atoms with E-state index in [0.717, 1.165) is 0 Å². The highest BCUT2D eigenvalue weighted by atomic mass is 35.5. The second-order valence-corrected chi connectivity index (χ2v) is 3.77. The molecule has 1 aromatic carbocycles. The summed E-state index contributed by atoms with van der Waals surface area (Å²) in [5.41, 5.74) is -0.434. The maximum Gasteiger partial charge on any atom is 0.364 e. The number of carbonyl (C=O) groups excluding carboxylic acids is 2. The third kappa shape index (κ3) is 4.02. The van der Waals surface area contributed by atoms with Gasteiger partial charge in [-0.1, -0.05) is 5.16 Å². The fraction of sp³-hybridized carbons (Fsp3) is 0.182. The molecule has 0 aliphatic rings. The first-order valence-corrected chi connectivity index (χ1v) is 5.74. The van der Waals surface area contributed by atoms with Gasteiger partial charge in [-0.3, -0.25) is 14.9 Å². The quantitative estimate of drug-likeness (QED) is 0.161. The molecule has 0 atom stereocenters. The van der Waals surface area contributed by atoms with Gasteiger partial charge in [0.05, 0.1) is 10.8 Å². The van der Waals surface area contributed by atoms with Crippen LogP contribution in [0.4, 0.5) is 5.69 Å². The highest BCUT2D eigenvalue weighted by Crippen LogP contribution is 2.12. The number of hydrogen-bond acceptors (Lipinski definition) is 7. The number of nitro groups is 1. The fourth-order valence-corrected chi connectivity index (χ4v) is 1.33. The zero-order valence-electron chi connectivity index (χ0n) is 9.98. The predicted octanol–water partition coefficient (Wildman–Crippen LogP) is 1.28. The van der Waals surface area contributed by atoms with Gasteiger partial charge in [-0.2, -0.15) is 0 Å². The van der Waals surface area contributed by atoms with Crippen molar-refractivity contribution in [3.05, 3.63) is 39.9 Å². The minimum atomic E-state index is -1.13. The highest BCUT2D eigenvalue weighted by Gasteiger charge is 2.22. The summed E-state index contributed by atoms with van der Waals surface area (Å²) >= 11 is 5.22. The highest BCUT2D eigenvalue weighted by molar-refractivity contribution is 6.67. The average Bonchev–Trinajstić information content (AvgIpc) is 2.46. The number of benzene rings is 1. The Morgan fingerprint density at radius 1 is 1.35 bits per heavy atom. The number of alkyl halides is 1. The minimum Gasteiger partial charge on any atom is -0.456 e. The third-order valence-corrected chi connectivity index (χ3v) is 2.44. The van der Waals surface area contributed by atoms with Crippen molar-refractivity contribution in [2.45, 2.75) is 6.61 Å². The number of rotatable bonds is 6. The Morgan fingerprint density at radius 2 is 1.95 bits per heavy atom. The molecule has 0 aliphatic carbocycles. The Bertz CT molecular complexity index is 555. The van der Waals surface area contributed by atoms with Crippen molar-refractivity contribution in [2.75, 3.05) is 5.88 Å². The van der Waals surface area contributed by atoms with Crippen LogP contribution in [0.3, 0.4) is 0 Å². The molecule has 0 aromatic heterocycles. The summed E-state index contributed by atoms with van der Waals surface area (Å²) in [6.45, 7) is -0.231. The molecular weight excluding hydrogens is 292 g/mol. The smallest absolute Gasteiger partial charge is 0.364 e. The number of ketones is 1. The van der Waals surface area contributed by atoms with E-state index in [4.69, 9.17) is 21.5 Å². The predicted molar refractivity (Wildman–Crippen MR) is 67.8 cm³/mol. The first-order valence-electron chi connectivity index (χ1n) is 5.21. The molecule has 0 saturated heterocycles. The molecule has 0 unspecified atom stereocenters. The number of halogens is 1. The van der Waals surface area contributed by atoms with Crippen molar-refractivity contribution in [2.24, 2.45) is 5.16 Å². The largest absolute Gasteiger partial charge is 0.456 e. The van der Waals surface area contributed by atoms with Gasteiger partial charge < -0.3 is 9.94 Å². The van der Waals surface area contributed by atoms with E-state index in [1.165, 1.54) is 24.3 Å². The molecule has 1 N–H and O–H groups in total. The molecule has 20 heavy (non-hydrogen) atoms. The van der Waals surface area contributed by atoms with Gasteiger partial charge in [-0.25, -0.2) is 4.79 Å². The van der Waals surface area contributed by atoms with Crippen molar-refractivity contribution >= 4 is 34.8 Å². The van der Waals surface area contributed by atoms with Gasteiger partial charge >= 0.3 is 5.97 Å². The molecule has 0 heterocycles. The van der Waals surface area contributed by atoms with E-state index in [9.17, 15) is 19.7 Å². The van der Waals surface area contributed by atoms with E-state index in [2.05, 4.69) is 5.16 Å². The Morgan fingerprint density at radius 3 is 2.40 bits per heavy atom. The van der Waals surface area contributed by atoms with E-state index < -0.39 is 28.3 Å². The van der Waals surface area contributed by atoms with Gasteiger partial charge in [-0.15, -0.1) is 11.6 Å². The van der Waals surface area contributed by atoms with E-state index in [1.54, 1.807) is 0 Å². The number of esters is 1. The zero-order chi connectivity index (χ0) is 15.1. The molecule has 0 aliphatic heterocycles. The molecule has 9 heteroatoms. The summed E-state index contributed by atoms with van der Waals surface area (Å²) < 4.78 is 4.73. The van der Waals surface area contributed by atoms with Crippen molar-refractivity contribution in [3.63, 3.8) is 0 Å². The maximum absolute atomic E-state index is 11.4. The number of non-ortho nitro benzene ring substituents is 1. The molecule has 0 radical (unpaired) electrons. The van der Waals surface area contributed by atoms with Crippen LogP contribution in [0.1, 0.15) is 5.56 Å². The first kappa shape index (κ1) is 15.6. The second kappa shape index (κ2) is 7.19. The standard InChI is InChI=1S/C11H9ClN2O6/c12-5-9(15)10(13-17)11(16)20-6-7-1-3-8(4-2-7)14(18)19/h1-4,17H,5-6H2. The minimum absolute atomic E-state index is 0.102. The van der Waals surface area contributed by atoms with Crippen molar-refractivity contribution in [3.8, 4) is 0 Å². The lowest BCUT2D eigenvalue weighted by Crippen LogP contribution is -2.27. The number of oxime groups is 1. The van der Waals surface area contributed by atoms with E-state index in [-0.39, 0.29) is 12.3 Å². The number of nitrogens with zero attached hydrogens (tertiary/aromatic N) is 2. The summed E-state index contributed by atoms with van der Waals surface area (Å²) in [4.78, 5) is 32.4. The lowest BCUT2D eigenvalue weighted by molar-refractivity contribution is -0.384. The molecule has 106 valence electrons. The van der Waals surface area contributed by atoms with Gasteiger partial charge in [0.1, 0.15) is 6.61 Å². The molecule has 8 nitrogen and oxygen atoms in total. The molecule has 0 bridgehead atoms. The maximum atomic E-state index is 11.4. The summed E-state index contributed by atoms with van der Waals surface area (Å²) in [7, 11) is 0. The van der Waals surface area contributed by atoms with Crippen molar-refractivity contribution in [1.29, 1.82) is 0 Å². The molecule has 0 saturated carbocycles. The zero-order valence-corrected chi connectivity index (χ0v) is 10.7. The molecule has 0 fully saturated rings. The molecule has 0 spiro atoms. The van der Waals surface area contributed by atoms with Crippen LogP contribution >= 0.6 is 11.6 Å². The van der Waals surface area contributed by atoms with Crippen molar-refractivity contribution < 1.29 is 24.5 Å². The molecule has 1 rings (SSSR count). The average molecular weight is 301 g/mol. The van der Waals surface area contributed by atoms with Crippen LogP contribution in [0.5, 0.6) is 0 Å². The Balaban J connectivity index is 2.65. The van der Waals surface area contributed by atoms with Crippen LogP contribution in [0.25, 0.3) is 0 Å². The third-order valence-electron chi connectivity index (χ3n) is 2.20. The summed E-state index contributed by atoms with van der Waals surface area (Å²) in [5, 5.41) is 21.5. The summed E-state index contributed by atoms with van der Waals surface area (Å²) in [5.74, 6) is -2.52. The van der Waals surface area contributed by atoms with Gasteiger partial charge in [0.15, 0.2) is 0 Å². The van der Waals surface area contributed by atoms with Crippen LogP contribution in [-0.2, 0) is 20.9 Å². The van der Waals surface area contributed by atoms with Gasteiger partial charge in [0.25, 0.3) is 5.69 Å². The number of Topliss-reactive ketones (excluding diaryl/α,β-unsaturated/α-hetero) is 1. The lowest BCUT2D eigenvalue weighted by atomic mass is 10.2. The van der Waals surface area contributed by atoms with Gasteiger partial charge in [0, 0.05) is 12.1 Å². The van der Waals surface area contributed by atoms with E-state index in [0.29, 0.717) is 5.56 Å². The molecule has 1 aromatic rings. The van der Waals surface area contributed by atoms with Crippen LogP contribution in [-0.4, -0.2) is 33.5 Å². The van der Waals surface area contributed by atoms with Gasteiger partial charge in [0.2, 0.25) is 11.5 Å². The Kier molecular flexibility index (Phi) is 5.60. The summed E-state index contributed by atoms with van der Waals surface area (Å²) in [6, 6.07) is 5.28. The number of carbonyl (C=O) groups is 2. The van der Waals surface area contributed by atoms with Crippen LogP contribution in [0.2, 0.25) is 0 Å². The second-order valence-electron chi connectivity index (χ2n) is 3.51. The van der Waals surface area contributed by atoms with Gasteiger partial charge in [-0.05, 0) is 17.7 Å². The van der Waals surface area contributed by atoms with E-state index >= 15 is 0 Å². The normalized spacial score (nSPS) is 10.9. The SMILES string of the molecule is O=C(CCl)C(=NO)C(=O)OCc1ccc([N+](=O)[O-])cc1. The van der Waals surface area contributed by atoms with Crippen LogP contribution in [0.15, 0.2) is 29.4 Å². The van der Waals surface area contributed by atoms with Crippen LogP contribution < -0.4 is 0 Å². The van der Waals surface area contributed by atoms with E-state index in [1.807, 2.05) is 0 Å². The number of nitro benzene ring substituents is 1. The number of ether oxygens (including phenoxy) is 1. The fourth-order valence-electron chi connectivity index (χ4n) is 1.20. The molecule has 0 amide bonds. The van der Waals surface area contributed by atoms with Crippen molar-refractivity contribution in [1.82, 2.24) is 0 Å². The Labute approximate surface area is 117 Å². The van der Waals surface area contributed by atoms with Crippen LogP contribution in [0, 0.1) is 10.1 Å². The monoisotopic (exact) mass is 300 g/mol. The first-order chi connectivity index (χ1) is 9.49. The Hall–Kier alpha value is -2.48.